The van der Waals surface area contributed by atoms with E-state index in [2.05, 4.69) is 33.9 Å². The first-order valence-electron chi connectivity index (χ1n) is 6.71. The molecule has 6 heteroatoms. The highest BCUT2D eigenvalue weighted by Crippen LogP contribution is 2.35. The molecule has 106 valence electrons. The fourth-order valence-electron chi connectivity index (χ4n) is 2.24. The second-order valence-corrected chi connectivity index (χ2v) is 5.66. The summed E-state index contributed by atoms with van der Waals surface area (Å²) in [6.45, 7) is 1.89. The molecule has 2 rings (SSSR count). The van der Waals surface area contributed by atoms with Gasteiger partial charge in [-0.05, 0) is 26.9 Å². The van der Waals surface area contributed by atoms with Crippen LogP contribution in [-0.4, -0.2) is 55.1 Å². The van der Waals surface area contributed by atoms with Gasteiger partial charge in [-0.1, -0.05) is 0 Å². The van der Waals surface area contributed by atoms with E-state index in [9.17, 15) is 0 Å². The molecule has 6 nitrogen and oxygen atoms in total. The summed E-state index contributed by atoms with van der Waals surface area (Å²) in [4.78, 5) is 12.9. The van der Waals surface area contributed by atoms with Crippen LogP contribution in [0.2, 0.25) is 0 Å². The molecule has 1 heterocycles. The van der Waals surface area contributed by atoms with E-state index in [1.807, 2.05) is 13.1 Å². The quantitative estimate of drug-likeness (QED) is 0.793. The van der Waals surface area contributed by atoms with E-state index in [1.54, 1.807) is 0 Å². The largest absolute Gasteiger partial charge is 0.368 e. The molecule has 0 atom stereocenters. The first kappa shape index (κ1) is 14.0. The SMILES string of the molecule is CN(C)CCN(C)c1cc(C2CC(N)C2)nc(N)n1. The topological polar surface area (TPSA) is 84.3 Å². The molecule has 0 aromatic carbocycles. The lowest BCUT2D eigenvalue weighted by molar-refractivity contribution is 0.345. The average Bonchev–Trinajstić information content (AvgIpc) is 2.31. The molecule has 1 saturated carbocycles. The minimum Gasteiger partial charge on any atom is -0.368 e. The van der Waals surface area contributed by atoms with Gasteiger partial charge in [0.25, 0.3) is 0 Å². The van der Waals surface area contributed by atoms with Crippen molar-refractivity contribution in [1.29, 1.82) is 0 Å². The highest BCUT2D eigenvalue weighted by molar-refractivity contribution is 5.44. The van der Waals surface area contributed by atoms with Gasteiger partial charge in [-0.3, -0.25) is 0 Å². The van der Waals surface area contributed by atoms with E-state index in [0.29, 0.717) is 17.9 Å². The lowest BCUT2D eigenvalue weighted by Crippen LogP contribution is -2.35. The van der Waals surface area contributed by atoms with Gasteiger partial charge in [0.1, 0.15) is 5.82 Å². The number of anilines is 2. The molecule has 0 amide bonds. The normalized spacial score (nSPS) is 22.4. The molecule has 0 bridgehead atoms. The summed E-state index contributed by atoms with van der Waals surface area (Å²) in [5, 5.41) is 0. The maximum Gasteiger partial charge on any atom is 0.222 e. The summed E-state index contributed by atoms with van der Waals surface area (Å²) in [5.41, 5.74) is 12.7. The van der Waals surface area contributed by atoms with E-state index in [1.165, 1.54) is 0 Å². The first-order valence-corrected chi connectivity index (χ1v) is 6.71. The summed E-state index contributed by atoms with van der Waals surface area (Å²) in [7, 11) is 6.15. The Morgan fingerprint density at radius 2 is 1.89 bits per heavy atom. The summed E-state index contributed by atoms with van der Waals surface area (Å²) in [6.07, 6.45) is 1.99. The van der Waals surface area contributed by atoms with Crippen molar-refractivity contribution in [3.63, 3.8) is 0 Å². The second-order valence-electron chi connectivity index (χ2n) is 5.66. The zero-order valence-corrected chi connectivity index (χ0v) is 12.0. The van der Waals surface area contributed by atoms with Gasteiger partial charge in [0.2, 0.25) is 5.95 Å². The summed E-state index contributed by atoms with van der Waals surface area (Å²) >= 11 is 0. The lowest BCUT2D eigenvalue weighted by atomic mass is 9.78. The number of nitrogens with two attached hydrogens (primary N) is 2. The highest BCUT2D eigenvalue weighted by atomic mass is 15.2. The van der Waals surface area contributed by atoms with E-state index in [-0.39, 0.29) is 0 Å². The number of aromatic nitrogens is 2. The van der Waals surface area contributed by atoms with Gasteiger partial charge in [0, 0.05) is 38.2 Å². The van der Waals surface area contributed by atoms with Crippen LogP contribution in [0.1, 0.15) is 24.5 Å². The molecule has 1 aliphatic rings. The third kappa shape index (κ3) is 3.54. The predicted octanol–water partition coefficient (Wildman–Crippen LogP) is 0.261. The zero-order valence-electron chi connectivity index (χ0n) is 12.0. The van der Waals surface area contributed by atoms with Crippen LogP contribution in [0.3, 0.4) is 0 Å². The summed E-state index contributed by atoms with van der Waals surface area (Å²) < 4.78 is 0. The van der Waals surface area contributed by atoms with Crippen molar-refractivity contribution in [3.05, 3.63) is 11.8 Å². The molecule has 0 saturated heterocycles. The van der Waals surface area contributed by atoms with E-state index < -0.39 is 0 Å². The Bertz CT molecular complexity index is 427. The predicted molar refractivity (Wildman–Crippen MR) is 78.2 cm³/mol. The number of likely N-dealkylation sites (N-methyl/N-ethyl adjacent to an activating group) is 2. The molecule has 19 heavy (non-hydrogen) atoms. The number of nitrogens with zero attached hydrogens (tertiary/aromatic N) is 4. The molecule has 1 fully saturated rings. The molecule has 1 aliphatic carbocycles. The third-order valence-corrected chi connectivity index (χ3v) is 3.62. The molecule has 1 aromatic heterocycles. The number of rotatable bonds is 5. The van der Waals surface area contributed by atoms with Crippen LogP contribution < -0.4 is 16.4 Å². The van der Waals surface area contributed by atoms with Crippen molar-refractivity contribution in [2.24, 2.45) is 5.73 Å². The molecular formula is C13H24N6. The third-order valence-electron chi connectivity index (χ3n) is 3.62. The van der Waals surface area contributed by atoms with Crippen LogP contribution in [0, 0.1) is 0 Å². The van der Waals surface area contributed by atoms with Crippen molar-refractivity contribution in [3.8, 4) is 0 Å². The molecule has 0 unspecified atom stereocenters. The fraction of sp³-hybridized carbons (Fsp3) is 0.692. The summed E-state index contributed by atoms with van der Waals surface area (Å²) in [6, 6.07) is 2.36. The van der Waals surface area contributed by atoms with Crippen molar-refractivity contribution < 1.29 is 0 Å². The van der Waals surface area contributed by atoms with Gasteiger partial charge in [-0.25, -0.2) is 4.98 Å². The Morgan fingerprint density at radius 1 is 1.21 bits per heavy atom. The fourth-order valence-corrected chi connectivity index (χ4v) is 2.24. The minimum absolute atomic E-state index is 0.316. The van der Waals surface area contributed by atoms with E-state index in [0.717, 1.165) is 37.4 Å². The van der Waals surface area contributed by atoms with Gasteiger partial charge in [-0.2, -0.15) is 4.98 Å². The Balaban J connectivity index is 2.07. The van der Waals surface area contributed by atoms with E-state index >= 15 is 0 Å². The molecule has 1 aromatic rings. The van der Waals surface area contributed by atoms with Gasteiger partial charge >= 0.3 is 0 Å². The maximum atomic E-state index is 5.83. The molecule has 0 spiro atoms. The Labute approximate surface area is 114 Å². The Kier molecular flexibility index (Phi) is 4.21. The number of nitrogen functional groups attached to an aromatic ring is 1. The highest BCUT2D eigenvalue weighted by Gasteiger charge is 2.29. The van der Waals surface area contributed by atoms with Crippen molar-refractivity contribution in [2.75, 3.05) is 44.9 Å². The maximum absolute atomic E-state index is 5.83. The van der Waals surface area contributed by atoms with Gasteiger partial charge < -0.3 is 21.3 Å². The first-order chi connectivity index (χ1) is 8.95. The standard InChI is InChI=1S/C13H24N6/c1-18(2)4-5-19(3)12-8-11(16-13(15)17-12)9-6-10(14)7-9/h8-10H,4-7,14H2,1-3H3,(H2,15,16,17). The van der Waals surface area contributed by atoms with Crippen LogP contribution in [0.5, 0.6) is 0 Å². The molecular weight excluding hydrogens is 240 g/mol. The van der Waals surface area contributed by atoms with Crippen molar-refractivity contribution in [1.82, 2.24) is 14.9 Å². The van der Waals surface area contributed by atoms with Crippen molar-refractivity contribution >= 4 is 11.8 Å². The summed E-state index contributed by atoms with van der Waals surface area (Å²) in [5.74, 6) is 1.69. The van der Waals surface area contributed by atoms with Crippen LogP contribution in [-0.2, 0) is 0 Å². The average molecular weight is 264 g/mol. The van der Waals surface area contributed by atoms with Crippen LogP contribution in [0.15, 0.2) is 6.07 Å². The lowest BCUT2D eigenvalue weighted by Gasteiger charge is -2.32. The van der Waals surface area contributed by atoms with Crippen LogP contribution >= 0.6 is 0 Å². The van der Waals surface area contributed by atoms with Crippen LogP contribution in [0.4, 0.5) is 11.8 Å². The monoisotopic (exact) mass is 264 g/mol. The Hall–Kier alpha value is -1.40. The molecule has 0 radical (unpaired) electrons. The number of hydrogen-bond donors (Lipinski definition) is 2. The van der Waals surface area contributed by atoms with Gasteiger partial charge in [0.05, 0.1) is 5.69 Å². The van der Waals surface area contributed by atoms with E-state index in [4.69, 9.17) is 11.5 Å². The van der Waals surface area contributed by atoms with Crippen molar-refractivity contribution in [2.45, 2.75) is 24.8 Å². The van der Waals surface area contributed by atoms with Crippen LogP contribution in [0.25, 0.3) is 0 Å². The van der Waals surface area contributed by atoms with Gasteiger partial charge in [0.15, 0.2) is 0 Å². The second kappa shape index (κ2) is 5.71. The smallest absolute Gasteiger partial charge is 0.222 e. The Morgan fingerprint density at radius 3 is 2.47 bits per heavy atom. The minimum atomic E-state index is 0.316. The molecule has 4 N–H and O–H groups in total. The number of hydrogen-bond acceptors (Lipinski definition) is 6. The zero-order chi connectivity index (χ0) is 14.0. The molecule has 0 aliphatic heterocycles. The van der Waals surface area contributed by atoms with Gasteiger partial charge in [-0.15, -0.1) is 0 Å².